The Morgan fingerprint density at radius 1 is 0.872 bits per heavy atom. The number of anilines is 1. The van der Waals surface area contributed by atoms with Crippen molar-refractivity contribution in [3.63, 3.8) is 0 Å². The van der Waals surface area contributed by atoms with Gasteiger partial charge in [-0.15, -0.1) is 0 Å². The largest absolute Gasteiger partial charge is 0.478 e. The van der Waals surface area contributed by atoms with E-state index in [1.165, 1.54) is 0 Å². The van der Waals surface area contributed by atoms with Crippen LogP contribution in [0.3, 0.4) is 0 Å². The molecule has 0 unspecified atom stereocenters. The van der Waals surface area contributed by atoms with Crippen molar-refractivity contribution in [3.05, 3.63) is 143 Å². The Bertz CT molecular complexity index is 1940. The van der Waals surface area contributed by atoms with Gasteiger partial charge in [0.05, 0.1) is 23.2 Å². The van der Waals surface area contributed by atoms with E-state index in [2.05, 4.69) is 41.7 Å². The fourth-order valence-electron chi connectivity index (χ4n) is 6.13. The van der Waals surface area contributed by atoms with Gasteiger partial charge in [-0.3, -0.25) is 0 Å². The molecule has 8 nitrogen and oxygen atoms in total. The van der Waals surface area contributed by atoms with Crippen molar-refractivity contribution in [1.82, 2.24) is 14.5 Å². The number of ether oxygens (including phenoxy) is 1. The van der Waals surface area contributed by atoms with Gasteiger partial charge in [0, 0.05) is 18.1 Å². The minimum absolute atomic E-state index is 0.253. The number of imidazole rings is 1. The summed E-state index contributed by atoms with van der Waals surface area (Å²) in [5.41, 5.74) is 3.88. The van der Waals surface area contributed by atoms with Crippen LogP contribution in [0.25, 0.3) is 28.0 Å². The van der Waals surface area contributed by atoms with Crippen molar-refractivity contribution < 1.29 is 19.7 Å². The van der Waals surface area contributed by atoms with Crippen molar-refractivity contribution in [1.29, 1.82) is 0 Å². The van der Waals surface area contributed by atoms with Gasteiger partial charge in [0.2, 0.25) is 0 Å². The fraction of sp³-hybridized carbons (Fsp3) is 0.205. The molecule has 6 rings (SSSR count). The Kier molecular flexibility index (Phi) is 8.89. The summed E-state index contributed by atoms with van der Waals surface area (Å²) in [6.45, 7) is 6.51. The van der Waals surface area contributed by atoms with Crippen LogP contribution in [0.4, 0.5) is 5.82 Å². The number of aromatic nitrogens is 3. The van der Waals surface area contributed by atoms with Crippen LogP contribution in [-0.2, 0) is 28.2 Å². The van der Waals surface area contributed by atoms with E-state index in [0.717, 1.165) is 33.7 Å². The predicted octanol–water partition coefficient (Wildman–Crippen LogP) is 7.39. The molecule has 0 spiro atoms. The zero-order valence-electron chi connectivity index (χ0n) is 26.7. The molecule has 0 aliphatic carbocycles. The van der Waals surface area contributed by atoms with Crippen molar-refractivity contribution in [2.45, 2.75) is 45.1 Å². The number of pyridine rings is 1. The summed E-state index contributed by atoms with van der Waals surface area (Å²) >= 11 is 0. The minimum Gasteiger partial charge on any atom is -0.478 e. The number of carboxylic acid groups (broad SMARTS) is 1. The Morgan fingerprint density at radius 2 is 1.45 bits per heavy atom. The topological polar surface area (TPSA) is 110 Å². The first-order valence-corrected chi connectivity index (χ1v) is 15.7. The number of fused-ring (bicyclic) bond motifs is 3. The zero-order valence-corrected chi connectivity index (χ0v) is 26.7. The van der Waals surface area contributed by atoms with Crippen LogP contribution in [0, 0.1) is 0 Å². The van der Waals surface area contributed by atoms with Crippen molar-refractivity contribution in [2.75, 3.05) is 11.9 Å². The maximum atomic E-state index is 11.3. The highest BCUT2D eigenvalue weighted by Crippen LogP contribution is 2.42. The van der Waals surface area contributed by atoms with E-state index in [0.29, 0.717) is 34.8 Å². The number of hydrogen-bond donors (Lipinski definition) is 3. The van der Waals surface area contributed by atoms with E-state index < -0.39 is 17.1 Å². The summed E-state index contributed by atoms with van der Waals surface area (Å²) in [5.74, 6) is 0.176. The van der Waals surface area contributed by atoms with Crippen LogP contribution in [-0.4, -0.2) is 42.9 Å². The first kappa shape index (κ1) is 31.7. The van der Waals surface area contributed by atoms with Crippen LogP contribution < -0.4 is 5.32 Å². The molecule has 0 aliphatic rings. The molecule has 0 fully saturated rings. The summed E-state index contributed by atoms with van der Waals surface area (Å²) in [4.78, 5) is 21.7. The monoisotopic (exact) mass is 626 g/mol. The number of aliphatic hydroxyl groups is 1. The third-order valence-electron chi connectivity index (χ3n) is 8.11. The molecule has 0 atom stereocenters. The van der Waals surface area contributed by atoms with Gasteiger partial charge in [0.1, 0.15) is 23.5 Å². The second-order valence-corrected chi connectivity index (χ2v) is 12.1. The SMILES string of the molecule is CCOCc1nc2c(NC(c3ccccc3)(c3ccccc3)c3ccccc3)nc3cc(/C=C/C(=O)O)ccc3c2n1CC(C)(C)O. The highest BCUT2D eigenvalue weighted by Gasteiger charge is 2.38. The Hall–Kier alpha value is -5.31. The number of rotatable bonds is 12. The van der Waals surface area contributed by atoms with Gasteiger partial charge in [-0.1, -0.05) is 103 Å². The molecule has 0 aliphatic heterocycles. The maximum absolute atomic E-state index is 11.3. The summed E-state index contributed by atoms with van der Waals surface area (Å²) in [7, 11) is 0. The second kappa shape index (κ2) is 13.2. The van der Waals surface area contributed by atoms with Gasteiger partial charge in [0.15, 0.2) is 5.82 Å². The fourth-order valence-corrected chi connectivity index (χ4v) is 6.13. The number of carboxylic acids is 1. The van der Waals surface area contributed by atoms with E-state index in [1.807, 2.05) is 84.3 Å². The highest BCUT2D eigenvalue weighted by atomic mass is 16.5. The number of aliphatic carboxylic acids is 1. The second-order valence-electron chi connectivity index (χ2n) is 12.1. The lowest BCUT2D eigenvalue weighted by atomic mass is 9.77. The number of hydrogen-bond acceptors (Lipinski definition) is 6. The zero-order chi connectivity index (χ0) is 33.0. The first-order chi connectivity index (χ1) is 22.7. The van der Waals surface area contributed by atoms with Gasteiger partial charge in [-0.2, -0.15) is 0 Å². The summed E-state index contributed by atoms with van der Waals surface area (Å²) in [6, 6.07) is 36.5. The number of carbonyl (C=O) groups is 1. The smallest absolute Gasteiger partial charge is 0.328 e. The number of nitrogens with zero attached hydrogens (tertiary/aromatic N) is 3. The van der Waals surface area contributed by atoms with Gasteiger partial charge in [0.25, 0.3) is 0 Å². The van der Waals surface area contributed by atoms with Gasteiger partial charge >= 0.3 is 5.97 Å². The first-order valence-electron chi connectivity index (χ1n) is 15.7. The molecule has 8 heteroatoms. The third-order valence-corrected chi connectivity index (χ3v) is 8.11. The highest BCUT2D eigenvalue weighted by molar-refractivity contribution is 6.08. The Balaban J connectivity index is 1.70. The van der Waals surface area contributed by atoms with E-state index in [9.17, 15) is 15.0 Å². The van der Waals surface area contributed by atoms with Crippen LogP contribution in [0.1, 0.15) is 48.8 Å². The lowest BCUT2D eigenvalue weighted by Gasteiger charge is -2.37. The third kappa shape index (κ3) is 6.52. The molecule has 0 amide bonds. The molecule has 0 bridgehead atoms. The van der Waals surface area contributed by atoms with Crippen molar-refractivity contribution >= 4 is 39.8 Å². The van der Waals surface area contributed by atoms with Gasteiger partial charge in [-0.25, -0.2) is 14.8 Å². The Labute approximate surface area is 274 Å². The molecule has 2 aromatic heterocycles. The predicted molar refractivity (Wildman–Crippen MR) is 186 cm³/mol. The van der Waals surface area contributed by atoms with E-state index in [-0.39, 0.29) is 13.2 Å². The van der Waals surface area contributed by atoms with Crippen molar-refractivity contribution in [3.8, 4) is 0 Å². The molecule has 0 saturated heterocycles. The van der Waals surface area contributed by atoms with Crippen LogP contribution in [0.5, 0.6) is 0 Å². The van der Waals surface area contributed by atoms with Gasteiger partial charge in [-0.05, 0) is 55.2 Å². The van der Waals surface area contributed by atoms with E-state index in [4.69, 9.17) is 14.7 Å². The molecule has 4 aromatic carbocycles. The normalized spacial score (nSPS) is 12.3. The standard InChI is InChI=1S/C39H38N4O4/c1-4-47-25-33-41-35-36(43(33)26-38(2,3)46)31-22-20-27(21-23-34(44)45)24-32(31)40-37(35)42-39(28-14-8-5-9-15-28,29-16-10-6-11-17-29)30-18-12-7-13-19-30/h5-24,46H,4,25-26H2,1-3H3,(H,40,42)(H,44,45)/b23-21+. The molecule has 0 radical (unpaired) electrons. The minimum atomic E-state index is -1.05. The molecule has 47 heavy (non-hydrogen) atoms. The lowest BCUT2D eigenvalue weighted by molar-refractivity contribution is -0.131. The summed E-state index contributed by atoms with van der Waals surface area (Å²) in [5, 5.41) is 25.1. The van der Waals surface area contributed by atoms with E-state index in [1.54, 1.807) is 19.9 Å². The number of nitrogens with one attached hydrogen (secondary N) is 1. The molecular formula is C39H38N4O4. The average Bonchev–Trinajstić information content (AvgIpc) is 3.43. The summed E-state index contributed by atoms with van der Waals surface area (Å²) < 4.78 is 7.88. The molecule has 3 N–H and O–H groups in total. The van der Waals surface area contributed by atoms with Crippen LogP contribution in [0.2, 0.25) is 0 Å². The quantitative estimate of drug-likeness (QED) is 0.0960. The summed E-state index contributed by atoms with van der Waals surface area (Å²) in [6.07, 6.45) is 2.67. The molecule has 6 aromatic rings. The number of benzene rings is 4. The van der Waals surface area contributed by atoms with Crippen LogP contribution in [0.15, 0.2) is 115 Å². The van der Waals surface area contributed by atoms with E-state index >= 15 is 0 Å². The molecule has 2 heterocycles. The molecular weight excluding hydrogens is 588 g/mol. The molecule has 238 valence electrons. The molecule has 0 saturated carbocycles. The average molecular weight is 627 g/mol. The van der Waals surface area contributed by atoms with Crippen LogP contribution >= 0.6 is 0 Å². The lowest BCUT2D eigenvalue weighted by Crippen LogP contribution is -2.38. The Morgan fingerprint density at radius 3 is 1.96 bits per heavy atom. The van der Waals surface area contributed by atoms with Gasteiger partial charge < -0.3 is 24.8 Å². The maximum Gasteiger partial charge on any atom is 0.328 e. The van der Waals surface area contributed by atoms with Crippen molar-refractivity contribution in [2.24, 2.45) is 0 Å².